The molecule has 0 saturated carbocycles. The van der Waals surface area contributed by atoms with Gasteiger partial charge in [0.1, 0.15) is 17.3 Å². The molecule has 0 aliphatic carbocycles. The van der Waals surface area contributed by atoms with Crippen LogP contribution in [0.4, 0.5) is 0 Å². The molecule has 3 aromatic rings. The summed E-state index contributed by atoms with van der Waals surface area (Å²) in [6, 6.07) is 10.1. The second kappa shape index (κ2) is 10.0. The molecule has 9 nitrogen and oxygen atoms in total. The van der Waals surface area contributed by atoms with Crippen molar-refractivity contribution in [3.05, 3.63) is 47.8 Å². The fourth-order valence-electron chi connectivity index (χ4n) is 3.53. The average molecular weight is 461 g/mol. The highest BCUT2D eigenvalue weighted by atomic mass is 32.2. The molecular formula is C22H28N4O5S. The van der Waals surface area contributed by atoms with Gasteiger partial charge in [-0.15, -0.1) is 0 Å². The van der Waals surface area contributed by atoms with E-state index in [4.69, 9.17) is 14.6 Å². The van der Waals surface area contributed by atoms with E-state index in [1.165, 1.54) is 12.1 Å². The number of nitrogens with one attached hydrogen (secondary N) is 1. The molecule has 0 aliphatic rings. The third kappa shape index (κ3) is 5.38. The van der Waals surface area contributed by atoms with E-state index in [1.54, 1.807) is 32.4 Å². The molecular weight excluding hydrogens is 432 g/mol. The Morgan fingerprint density at radius 3 is 2.59 bits per heavy atom. The minimum Gasteiger partial charge on any atom is -0.497 e. The van der Waals surface area contributed by atoms with E-state index in [2.05, 4.69) is 10.3 Å². The molecule has 0 saturated heterocycles. The van der Waals surface area contributed by atoms with Gasteiger partial charge >= 0.3 is 0 Å². The molecule has 2 aromatic carbocycles. The number of benzene rings is 2. The van der Waals surface area contributed by atoms with Crippen LogP contribution in [0, 0.1) is 0 Å². The molecule has 3 rings (SSSR count). The molecule has 0 radical (unpaired) electrons. The number of rotatable bonds is 10. The first-order valence-corrected chi connectivity index (χ1v) is 11.8. The van der Waals surface area contributed by atoms with Crippen LogP contribution < -0.4 is 19.9 Å². The highest BCUT2D eigenvalue weighted by Crippen LogP contribution is 2.24. The summed E-state index contributed by atoms with van der Waals surface area (Å²) in [5.41, 5.74) is 2.17. The number of fused-ring (bicyclic) bond motifs is 1. The minimum atomic E-state index is -3.81. The number of ether oxygens (including phenoxy) is 2. The fraction of sp³-hybridized carbons (Fsp3) is 0.364. The van der Waals surface area contributed by atoms with Gasteiger partial charge in [-0.1, -0.05) is 6.92 Å². The Kier molecular flexibility index (Phi) is 7.37. The molecule has 172 valence electrons. The van der Waals surface area contributed by atoms with Gasteiger partial charge in [0.2, 0.25) is 15.9 Å². The minimum absolute atomic E-state index is 0.0164. The molecule has 1 amide bonds. The van der Waals surface area contributed by atoms with Gasteiger partial charge in [-0.2, -0.15) is 0 Å². The van der Waals surface area contributed by atoms with Crippen molar-refractivity contribution in [1.82, 2.24) is 14.9 Å². The average Bonchev–Trinajstić information content (AvgIpc) is 3.12. The third-order valence-corrected chi connectivity index (χ3v) is 6.02. The van der Waals surface area contributed by atoms with Crippen LogP contribution in [0.25, 0.3) is 11.0 Å². The zero-order valence-corrected chi connectivity index (χ0v) is 19.2. The van der Waals surface area contributed by atoms with E-state index in [-0.39, 0.29) is 17.2 Å². The summed E-state index contributed by atoms with van der Waals surface area (Å²) in [5, 5.41) is 8.14. The predicted octanol–water partition coefficient (Wildman–Crippen LogP) is 2.36. The van der Waals surface area contributed by atoms with E-state index in [0.29, 0.717) is 36.5 Å². The van der Waals surface area contributed by atoms with Gasteiger partial charge in [0.25, 0.3) is 0 Å². The largest absolute Gasteiger partial charge is 0.497 e. The summed E-state index contributed by atoms with van der Waals surface area (Å²) < 4.78 is 35.9. The molecule has 1 heterocycles. The van der Waals surface area contributed by atoms with E-state index in [0.717, 1.165) is 23.3 Å². The van der Waals surface area contributed by atoms with Crippen molar-refractivity contribution in [2.24, 2.45) is 5.14 Å². The lowest BCUT2D eigenvalue weighted by Crippen LogP contribution is -2.23. The number of carbonyl (C=O) groups is 1. The summed E-state index contributed by atoms with van der Waals surface area (Å²) >= 11 is 0. The van der Waals surface area contributed by atoms with E-state index in [1.807, 2.05) is 17.6 Å². The second-order valence-corrected chi connectivity index (χ2v) is 8.89. The molecule has 0 spiro atoms. The molecule has 0 bridgehead atoms. The first kappa shape index (κ1) is 23.6. The van der Waals surface area contributed by atoms with Crippen LogP contribution in [0.1, 0.15) is 31.2 Å². The van der Waals surface area contributed by atoms with Crippen molar-refractivity contribution in [2.45, 2.75) is 44.2 Å². The Balaban J connectivity index is 1.72. The van der Waals surface area contributed by atoms with E-state index < -0.39 is 10.0 Å². The fourth-order valence-corrected chi connectivity index (χ4v) is 4.06. The Morgan fingerprint density at radius 2 is 1.94 bits per heavy atom. The number of carbonyl (C=O) groups excluding carboxylic acids is 1. The summed E-state index contributed by atoms with van der Waals surface area (Å²) in [6.07, 6.45) is 1.53. The van der Waals surface area contributed by atoms with Crippen LogP contribution >= 0.6 is 0 Å². The smallest absolute Gasteiger partial charge is 0.238 e. The van der Waals surface area contributed by atoms with Gasteiger partial charge in [-0.25, -0.2) is 18.5 Å². The molecule has 0 unspecified atom stereocenters. The quantitative estimate of drug-likeness (QED) is 0.478. The van der Waals surface area contributed by atoms with Crippen LogP contribution in [0.3, 0.4) is 0 Å². The lowest BCUT2D eigenvalue weighted by atomic mass is 10.2. The van der Waals surface area contributed by atoms with Crippen LogP contribution in [0.15, 0.2) is 41.3 Å². The van der Waals surface area contributed by atoms with Crippen LogP contribution in [-0.2, 0) is 34.3 Å². The van der Waals surface area contributed by atoms with Crippen molar-refractivity contribution in [3.63, 3.8) is 0 Å². The molecule has 3 N–H and O–H groups in total. The zero-order chi connectivity index (χ0) is 23.3. The summed E-state index contributed by atoms with van der Waals surface area (Å²) in [7, 11) is -0.655. The maximum Gasteiger partial charge on any atom is 0.238 e. The van der Waals surface area contributed by atoms with Crippen LogP contribution in [0.5, 0.6) is 11.5 Å². The maximum absolute atomic E-state index is 12.5. The number of amides is 1. The van der Waals surface area contributed by atoms with Crippen molar-refractivity contribution in [3.8, 4) is 11.5 Å². The lowest BCUT2D eigenvalue weighted by molar-refractivity contribution is -0.121. The maximum atomic E-state index is 12.5. The van der Waals surface area contributed by atoms with Gasteiger partial charge in [-0.05, 0) is 42.8 Å². The Hall–Kier alpha value is -3.11. The first-order chi connectivity index (χ1) is 15.3. The molecule has 0 atom stereocenters. The van der Waals surface area contributed by atoms with E-state index in [9.17, 15) is 13.2 Å². The Morgan fingerprint density at radius 1 is 1.16 bits per heavy atom. The van der Waals surface area contributed by atoms with Crippen molar-refractivity contribution in [2.75, 3.05) is 14.2 Å². The molecule has 32 heavy (non-hydrogen) atoms. The number of hydrogen-bond donors (Lipinski definition) is 2. The van der Waals surface area contributed by atoms with Crippen LogP contribution in [0.2, 0.25) is 0 Å². The monoisotopic (exact) mass is 460 g/mol. The third-order valence-electron chi connectivity index (χ3n) is 5.11. The number of imidazole rings is 1. The van der Waals surface area contributed by atoms with Crippen molar-refractivity contribution < 1.29 is 22.7 Å². The number of nitrogens with two attached hydrogens (primary N) is 1. The zero-order valence-electron chi connectivity index (χ0n) is 18.4. The standard InChI is InChI=1S/C22H28N4O5S/c1-4-11-26-19-7-6-17(32(23,28)29)13-18(19)25-21(26)9-10-22(27)24-14-15-12-16(30-2)5-8-20(15)31-3/h5-8,12-13H,4,9-11,14H2,1-3H3,(H,24,27)(H2,23,28,29). The highest BCUT2D eigenvalue weighted by molar-refractivity contribution is 7.89. The van der Waals surface area contributed by atoms with Crippen LogP contribution in [-0.4, -0.2) is 38.1 Å². The lowest BCUT2D eigenvalue weighted by Gasteiger charge is -2.12. The Bertz CT molecular complexity index is 1220. The number of aromatic nitrogens is 2. The first-order valence-electron chi connectivity index (χ1n) is 10.3. The number of aryl methyl sites for hydroxylation is 2. The van der Waals surface area contributed by atoms with E-state index >= 15 is 0 Å². The summed E-state index contributed by atoms with van der Waals surface area (Å²) in [6.45, 7) is 3.06. The highest BCUT2D eigenvalue weighted by Gasteiger charge is 2.16. The number of primary sulfonamides is 1. The predicted molar refractivity (Wildman–Crippen MR) is 121 cm³/mol. The molecule has 10 heteroatoms. The molecule has 0 fully saturated rings. The van der Waals surface area contributed by atoms with Gasteiger partial charge in [0.05, 0.1) is 30.1 Å². The normalized spacial score (nSPS) is 11.5. The van der Waals surface area contributed by atoms with Crippen molar-refractivity contribution in [1.29, 1.82) is 0 Å². The molecule has 0 aliphatic heterocycles. The van der Waals surface area contributed by atoms with Gasteiger partial charge in [-0.3, -0.25) is 4.79 Å². The van der Waals surface area contributed by atoms with Gasteiger partial charge in [0, 0.05) is 31.5 Å². The Labute approximate surface area is 187 Å². The van der Waals surface area contributed by atoms with Gasteiger partial charge in [0.15, 0.2) is 0 Å². The summed E-state index contributed by atoms with van der Waals surface area (Å²) in [4.78, 5) is 17.1. The van der Waals surface area contributed by atoms with Gasteiger partial charge < -0.3 is 19.4 Å². The summed E-state index contributed by atoms with van der Waals surface area (Å²) in [5.74, 6) is 1.95. The SMILES string of the molecule is CCCn1c(CCC(=O)NCc2cc(OC)ccc2OC)nc2cc(S(N)(=O)=O)ccc21. The number of nitrogens with zero attached hydrogens (tertiary/aromatic N) is 2. The number of hydrogen-bond acceptors (Lipinski definition) is 6. The second-order valence-electron chi connectivity index (χ2n) is 7.33. The number of methoxy groups -OCH3 is 2. The molecule has 1 aromatic heterocycles. The number of sulfonamides is 1. The topological polar surface area (TPSA) is 126 Å². The van der Waals surface area contributed by atoms with Crippen molar-refractivity contribution >= 4 is 27.0 Å².